The molecule has 226 valence electrons. The first-order chi connectivity index (χ1) is 19.9. The number of thioether (sulfide) groups is 1. The predicted octanol–water partition coefficient (Wildman–Crippen LogP) is 2.89. The smallest absolute Gasteiger partial charge is 0.548 e. The Hall–Kier alpha value is -2.84. The zero-order valence-electron chi connectivity index (χ0n) is 24.3. The number of carboxylic acid groups (broad SMARTS) is 1. The second-order valence-electron chi connectivity index (χ2n) is 10.0. The number of carboxylic acids is 1. The molecule has 3 aromatic carbocycles. The topological polar surface area (TPSA) is 72.5 Å². The summed E-state index contributed by atoms with van der Waals surface area (Å²) in [6.07, 6.45) is -3.57. The number of halogens is 5. The molecule has 0 saturated carbocycles. The molecule has 0 saturated heterocycles. The molecule has 0 radical (unpaired) electrons. The van der Waals surface area contributed by atoms with Gasteiger partial charge in [0.2, 0.25) is 0 Å². The molecule has 12 heteroatoms. The Morgan fingerprint density at radius 2 is 1.60 bits per heavy atom. The zero-order chi connectivity index (χ0) is 30.9. The van der Waals surface area contributed by atoms with Crippen molar-refractivity contribution in [3.63, 3.8) is 0 Å². The van der Waals surface area contributed by atoms with E-state index in [1.807, 2.05) is 31.4 Å². The Labute approximate surface area is 264 Å². The van der Waals surface area contributed by atoms with Crippen molar-refractivity contribution in [2.24, 2.45) is 0 Å². The van der Waals surface area contributed by atoms with Crippen LogP contribution in [0.4, 0.5) is 22.0 Å². The van der Waals surface area contributed by atoms with Crippen LogP contribution < -0.4 is 29.3 Å². The van der Waals surface area contributed by atoms with Gasteiger partial charge in [-0.3, -0.25) is 9.69 Å². The first-order valence-electron chi connectivity index (χ1n) is 13.3. The van der Waals surface area contributed by atoms with E-state index in [0.717, 1.165) is 29.3 Å². The number of rotatable bonds is 14. The van der Waals surface area contributed by atoms with Crippen LogP contribution in [0.3, 0.4) is 0 Å². The van der Waals surface area contributed by atoms with Gasteiger partial charge in [-0.05, 0) is 90.4 Å². The number of aliphatic carboxylic acids is 1. The van der Waals surface area contributed by atoms with E-state index in [9.17, 15) is 36.6 Å². The molecule has 1 atom stereocenters. The molecule has 1 N–H and O–H groups in total. The molecule has 0 fully saturated rings. The van der Waals surface area contributed by atoms with Crippen LogP contribution in [-0.2, 0) is 17.9 Å². The standard InChI is InChI=1S/C31H33F5N2O3S.Li/c1-20-6-3-4-7-25(20)27-16-21(8-9-26(27)29(39)37-28(30(40)41)10-13-42-2)18-38(12-5-11-31(34,35)36)19-22-14-23(32)17-24(33)15-22;/h3-4,6-9,14-17,28H,5,10-13,18-19H2,1-2H3,(H,37,39)(H,40,41);/q;+1/p-1. The number of amides is 1. The first kappa shape index (κ1) is 36.3. The predicted molar refractivity (Wildman–Crippen MR) is 152 cm³/mol. The number of nitrogens with one attached hydrogen (secondary N) is 1. The number of hydrogen-bond acceptors (Lipinski definition) is 5. The normalized spacial score (nSPS) is 12.1. The molecule has 3 rings (SSSR count). The minimum absolute atomic E-state index is 0. The van der Waals surface area contributed by atoms with Crippen LogP contribution in [0.2, 0.25) is 0 Å². The molecular weight excluding hydrogens is 582 g/mol. The molecule has 0 aliphatic rings. The van der Waals surface area contributed by atoms with Gasteiger partial charge in [-0.25, -0.2) is 8.78 Å². The second-order valence-corrected chi connectivity index (χ2v) is 11.0. The number of benzene rings is 3. The van der Waals surface area contributed by atoms with Gasteiger partial charge in [-0.2, -0.15) is 24.9 Å². The zero-order valence-corrected chi connectivity index (χ0v) is 25.1. The molecule has 1 unspecified atom stereocenters. The van der Waals surface area contributed by atoms with Gasteiger partial charge in [0.1, 0.15) is 11.6 Å². The van der Waals surface area contributed by atoms with Gasteiger partial charge in [0.05, 0.1) is 12.0 Å². The van der Waals surface area contributed by atoms with E-state index in [0.29, 0.717) is 16.9 Å². The summed E-state index contributed by atoms with van der Waals surface area (Å²) in [6.45, 7) is 1.99. The molecule has 43 heavy (non-hydrogen) atoms. The number of nitrogens with zero attached hydrogens (tertiary/aromatic N) is 1. The second kappa shape index (κ2) is 16.9. The summed E-state index contributed by atoms with van der Waals surface area (Å²) < 4.78 is 66.3. The van der Waals surface area contributed by atoms with E-state index in [1.54, 1.807) is 29.2 Å². The van der Waals surface area contributed by atoms with Crippen LogP contribution in [0.5, 0.6) is 0 Å². The van der Waals surface area contributed by atoms with Gasteiger partial charge in [-0.1, -0.05) is 30.3 Å². The molecule has 0 aromatic heterocycles. The average molecular weight is 615 g/mol. The third kappa shape index (κ3) is 11.6. The minimum atomic E-state index is -4.34. The van der Waals surface area contributed by atoms with Crippen LogP contribution in [0.1, 0.15) is 46.3 Å². The average Bonchev–Trinajstić information content (AvgIpc) is 2.89. The fourth-order valence-corrected chi connectivity index (χ4v) is 5.11. The molecule has 0 aliphatic carbocycles. The van der Waals surface area contributed by atoms with Crippen molar-refractivity contribution in [1.29, 1.82) is 0 Å². The van der Waals surface area contributed by atoms with Gasteiger partial charge < -0.3 is 15.2 Å². The summed E-state index contributed by atoms with van der Waals surface area (Å²) in [5.74, 6) is -3.07. The van der Waals surface area contributed by atoms with E-state index in [2.05, 4.69) is 5.32 Å². The molecular formula is C31H32F5LiN2O3S. The summed E-state index contributed by atoms with van der Waals surface area (Å²) in [5.41, 5.74) is 3.21. The van der Waals surface area contributed by atoms with Crippen LogP contribution in [-0.4, -0.2) is 47.5 Å². The monoisotopic (exact) mass is 614 g/mol. The molecule has 3 aromatic rings. The van der Waals surface area contributed by atoms with E-state index in [4.69, 9.17) is 0 Å². The van der Waals surface area contributed by atoms with Crippen molar-refractivity contribution in [3.8, 4) is 11.1 Å². The summed E-state index contributed by atoms with van der Waals surface area (Å²) in [6, 6.07) is 14.0. The van der Waals surface area contributed by atoms with Crippen LogP contribution in [0, 0.1) is 18.6 Å². The number of hydrogen-bond donors (Lipinski definition) is 1. The van der Waals surface area contributed by atoms with Crippen molar-refractivity contribution in [2.75, 3.05) is 18.6 Å². The number of carbonyl (C=O) groups is 2. The summed E-state index contributed by atoms with van der Waals surface area (Å²) in [5, 5.41) is 14.2. The Bertz CT molecular complexity index is 1370. The van der Waals surface area contributed by atoms with Gasteiger partial charge in [0, 0.05) is 31.1 Å². The van der Waals surface area contributed by atoms with Crippen LogP contribution in [0.15, 0.2) is 60.7 Å². The maximum Gasteiger partial charge on any atom is 1.00 e. The maximum atomic E-state index is 13.8. The van der Waals surface area contributed by atoms with Gasteiger partial charge in [0.15, 0.2) is 0 Å². The van der Waals surface area contributed by atoms with Crippen molar-refractivity contribution in [3.05, 3.63) is 94.6 Å². The Balaban J connectivity index is 0.00000645. The van der Waals surface area contributed by atoms with E-state index >= 15 is 0 Å². The summed E-state index contributed by atoms with van der Waals surface area (Å²) in [7, 11) is 0. The molecule has 0 heterocycles. The minimum Gasteiger partial charge on any atom is -0.548 e. The van der Waals surface area contributed by atoms with E-state index in [1.165, 1.54) is 11.8 Å². The van der Waals surface area contributed by atoms with E-state index < -0.39 is 42.1 Å². The van der Waals surface area contributed by atoms with Gasteiger partial charge in [0.25, 0.3) is 5.91 Å². The first-order valence-corrected chi connectivity index (χ1v) is 14.7. The quantitative estimate of drug-likeness (QED) is 0.224. The molecule has 1 amide bonds. The summed E-state index contributed by atoms with van der Waals surface area (Å²) in [4.78, 5) is 26.6. The Kier molecular flexibility index (Phi) is 14.2. The Morgan fingerprint density at radius 3 is 2.21 bits per heavy atom. The fourth-order valence-electron chi connectivity index (χ4n) is 4.64. The SMILES string of the molecule is CSCCC(NC(=O)c1ccc(CN(CCCC(F)(F)F)Cc2cc(F)cc(F)c2)cc1-c1ccccc1C)C(=O)[O-].[Li+]. The van der Waals surface area contributed by atoms with Gasteiger partial charge in [-0.15, -0.1) is 0 Å². The molecule has 0 spiro atoms. The Morgan fingerprint density at radius 1 is 0.953 bits per heavy atom. The fraction of sp³-hybridized carbons (Fsp3) is 0.355. The maximum absolute atomic E-state index is 13.8. The largest absolute Gasteiger partial charge is 1.00 e. The molecule has 5 nitrogen and oxygen atoms in total. The van der Waals surface area contributed by atoms with Crippen molar-refractivity contribution in [1.82, 2.24) is 10.2 Å². The van der Waals surface area contributed by atoms with Gasteiger partial charge >= 0.3 is 25.0 Å². The van der Waals surface area contributed by atoms with E-state index in [-0.39, 0.29) is 62.5 Å². The van der Waals surface area contributed by atoms with Crippen LogP contribution >= 0.6 is 11.8 Å². The third-order valence-electron chi connectivity index (χ3n) is 6.63. The van der Waals surface area contributed by atoms with Crippen molar-refractivity contribution < 1.29 is 55.5 Å². The van der Waals surface area contributed by atoms with Crippen molar-refractivity contribution >= 4 is 23.6 Å². The van der Waals surface area contributed by atoms with Crippen LogP contribution in [0.25, 0.3) is 11.1 Å². The summed E-state index contributed by atoms with van der Waals surface area (Å²) >= 11 is 1.44. The van der Waals surface area contributed by atoms with Crippen molar-refractivity contribution in [2.45, 2.75) is 51.5 Å². The molecule has 0 aliphatic heterocycles. The number of aryl methyl sites for hydroxylation is 1. The number of carbonyl (C=O) groups excluding carboxylic acids is 2. The molecule has 0 bridgehead atoms. The third-order valence-corrected chi connectivity index (χ3v) is 7.28. The number of alkyl halides is 3.